The zero-order valence-corrected chi connectivity index (χ0v) is 11.7. The van der Waals surface area contributed by atoms with Gasteiger partial charge in [-0.3, -0.25) is 4.79 Å². The van der Waals surface area contributed by atoms with Crippen molar-refractivity contribution in [2.75, 3.05) is 19.6 Å². The van der Waals surface area contributed by atoms with Crippen LogP contribution in [-0.2, 0) is 4.79 Å². The molecule has 0 bridgehead atoms. The minimum Gasteiger partial charge on any atom is -0.365 e. The number of rotatable bonds is 2. The zero-order valence-electron chi connectivity index (χ0n) is 10.1. The molecular formula is C14H15BrN2O. The van der Waals surface area contributed by atoms with Gasteiger partial charge in [0.15, 0.2) is 0 Å². The SMILES string of the molecule is C=C1CN(C(=C)c2cccc(Br)c2)CCNC1=O. The number of halogens is 1. The fourth-order valence-corrected chi connectivity index (χ4v) is 2.29. The van der Waals surface area contributed by atoms with Crippen LogP contribution in [0.4, 0.5) is 0 Å². The van der Waals surface area contributed by atoms with E-state index in [1.54, 1.807) is 0 Å². The lowest BCUT2D eigenvalue weighted by atomic mass is 10.1. The molecule has 1 fully saturated rings. The van der Waals surface area contributed by atoms with E-state index in [-0.39, 0.29) is 5.91 Å². The van der Waals surface area contributed by atoms with Gasteiger partial charge in [0.2, 0.25) is 5.91 Å². The number of carbonyl (C=O) groups is 1. The van der Waals surface area contributed by atoms with Crippen molar-refractivity contribution >= 4 is 27.5 Å². The van der Waals surface area contributed by atoms with Crippen molar-refractivity contribution in [1.29, 1.82) is 0 Å². The molecule has 1 heterocycles. The summed E-state index contributed by atoms with van der Waals surface area (Å²) in [5, 5.41) is 2.81. The molecule has 18 heavy (non-hydrogen) atoms. The van der Waals surface area contributed by atoms with Crippen LogP contribution in [0.1, 0.15) is 5.56 Å². The zero-order chi connectivity index (χ0) is 13.1. The highest BCUT2D eigenvalue weighted by Crippen LogP contribution is 2.22. The lowest BCUT2D eigenvalue weighted by Gasteiger charge is -2.24. The summed E-state index contributed by atoms with van der Waals surface area (Å²) in [4.78, 5) is 13.6. The Morgan fingerprint density at radius 3 is 2.94 bits per heavy atom. The minimum absolute atomic E-state index is 0.0699. The summed E-state index contributed by atoms with van der Waals surface area (Å²) in [7, 11) is 0. The first-order valence-corrected chi connectivity index (χ1v) is 6.53. The number of nitrogens with one attached hydrogen (secondary N) is 1. The van der Waals surface area contributed by atoms with Crippen LogP contribution in [0.2, 0.25) is 0 Å². The molecular weight excluding hydrogens is 292 g/mol. The third-order valence-corrected chi connectivity index (χ3v) is 3.40. The quantitative estimate of drug-likeness (QED) is 0.851. The van der Waals surface area contributed by atoms with Gasteiger partial charge in [0, 0.05) is 35.4 Å². The average molecular weight is 307 g/mol. The monoisotopic (exact) mass is 306 g/mol. The number of benzene rings is 1. The van der Waals surface area contributed by atoms with Gasteiger partial charge in [-0.25, -0.2) is 0 Å². The third-order valence-electron chi connectivity index (χ3n) is 2.91. The van der Waals surface area contributed by atoms with E-state index in [1.165, 1.54) is 0 Å². The van der Waals surface area contributed by atoms with E-state index in [1.807, 2.05) is 24.3 Å². The van der Waals surface area contributed by atoms with Crippen molar-refractivity contribution in [1.82, 2.24) is 10.2 Å². The lowest BCUT2D eigenvalue weighted by molar-refractivity contribution is -0.117. The van der Waals surface area contributed by atoms with Crippen LogP contribution < -0.4 is 5.32 Å². The molecule has 3 nitrogen and oxygen atoms in total. The summed E-state index contributed by atoms with van der Waals surface area (Å²) in [6, 6.07) is 7.98. The molecule has 1 N–H and O–H groups in total. The van der Waals surface area contributed by atoms with Crippen LogP contribution in [0, 0.1) is 0 Å². The van der Waals surface area contributed by atoms with E-state index >= 15 is 0 Å². The fraction of sp³-hybridized carbons (Fsp3) is 0.214. The van der Waals surface area contributed by atoms with Crippen molar-refractivity contribution in [2.24, 2.45) is 0 Å². The van der Waals surface area contributed by atoms with Gasteiger partial charge in [-0.15, -0.1) is 0 Å². The van der Waals surface area contributed by atoms with E-state index in [0.717, 1.165) is 22.3 Å². The van der Waals surface area contributed by atoms with Crippen LogP contribution in [-0.4, -0.2) is 30.4 Å². The molecule has 0 aromatic heterocycles. The Balaban J connectivity index is 2.18. The second kappa shape index (κ2) is 5.40. The molecule has 1 amide bonds. The Hall–Kier alpha value is -1.55. The van der Waals surface area contributed by atoms with Crippen molar-refractivity contribution in [2.45, 2.75) is 0 Å². The van der Waals surface area contributed by atoms with Gasteiger partial charge >= 0.3 is 0 Å². The number of nitrogens with zero attached hydrogens (tertiary/aromatic N) is 1. The Morgan fingerprint density at radius 1 is 1.44 bits per heavy atom. The lowest BCUT2D eigenvalue weighted by Crippen LogP contribution is -2.27. The first kappa shape index (κ1) is 12.9. The second-order valence-corrected chi connectivity index (χ2v) is 5.15. The summed E-state index contributed by atoms with van der Waals surface area (Å²) in [5.74, 6) is -0.0699. The maximum atomic E-state index is 11.5. The summed E-state index contributed by atoms with van der Waals surface area (Å²) in [5.41, 5.74) is 2.53. The summed E-state index contributed by atoms with van der Waals surface area (Å²) >= 11 is 3.45. The van der Waals surface area contributed by atoms with Gasteiger partial charge in [0.25, 0.3) is 0 Å². The average Bonchev–Trinajstić information content (AvgIpc) is 2.51. The Bertz CT molecular complexity index is 510. The largest absolute Gasteiger partial charge is 0.365 e. The van der Waals surface area contributed by atoms with Crippen LogP contribution in [0.15, 0.2) is 47.5 Å². The molecule has 0 atom stereocenters. The van der Waals surface area contributed by atoms with Gasteiger partial charge in [0.1, 0.15) is 0 Å². The molecule has 1 aliphatic rings. The van der Waals surface area contributed by atoms with Crippen LogP contribution in [0.3, 0.4) is 0 Å². The topological polar surface area (TPSA) is 32.3 Å². The molecule has 0 saturated carbocycles. The van der Waals surface area contributed by atoms with Crippen LogP contribution >= 0.6 is 15.9 Å². The smallest absolute Gasteiger partial charge is 0.248 e. The van der Waals surface area contributed by atoms with Crippen molar-refractivity contribution in [3.8, 4) is 0 Å². The van der Waals surface area contributed by atoms with Crippen molar-refractivity contribution in [3.05, 3.63) is 53.0 Å². The maximum Gasteiger partial charge on any atom is 0.248 e. The molecule has 94 valence electrons. The van der Waals surface area contributed by atoms with E-state index in [0.29, 0.717) is 18.7 Å². The molecule has 1 aromatic rings. The molecule has 0 unspecified atom stereocenters. The molecule has 1 aliphatic heterocycles. The van der Waals surface area contributed by atoms with Gasteiger partial charge in [0.05, 0.1) is 0 Å². The summed E-state index contributed by atoms with van der Waals surface area (Å²) in [6.07, 6.45) is 0. The van der Waals surface area contributed by atoms with Crippen LogP contribution in [0.5, 0.6) is 0 Å². The third kappa shape index (κ3) is 2.82. The summed E-state index contributed by atoms with van der Waals surface area (Å²) in [6.45, 7) is 9.80. The standard InChI is InChI=1S/C14H15BrN2O/c1-10-9-17(7-6-16-14(10)18)11(2)12-4-3-5-13(15)8-12/h3-5,8H,1-2,6-7,9H2,(H,16,18). The van der Waals surface area contributed by atoms with Gasteiger partial charge < -0.3 is 10.2 Å². The first-order valence-electron chi connectivity index (χ1n) is 5.73. The van der Waals surface area contributed by atoms with E-state index in [2.05, 4.69) is 39.3 Å². The van der Waals surface area contributed by atoms with Crippen molar-refractivity contribution < 1.29 is 4.79 Å². The molecule has 0 spiro atoms. The highest BCUT2D eigenvalue weighted by Gasteiger charge is 2.18. The Morgan fingerprint density at radius 2 is 2.22 bits per heavy atom. The van der Waals surface area contributed by atoms with E-state index < -0.39 is 0 Å². The van der Waals surface area contributed by atoms with E-state index in [9.17, 15) is 4.79 Å². The molecule has 1 aromatic carbocycles. The molecule has 2 rings (SSSR count). The predicted octanol–water partition coefficient (Wildman–Crippen LogP) is 2.41. The summed E-state index contributed by atoms with van der Waals surface area (Å²) < 4.78 is 1.02. The predicted molar refractivity (Wildman–Crippen MR) is 76.9 cm³/mol. The number of amides is 1. The maximum absolute atomic E-state index is 11.5. The number of hydrogen-bond acceptors (Lipinski definition) is 2. The molecule has 0 radical (unpaired) electrons. The van der Waals surface area contributed by atoms with Crippen molar-refractivity contribution in [3.63, 3.8) is 0 Å². The normalized spacial score (nSPS) is 16.2. The second-order valence-electron chi connectivity index (χ2n) is 4.24. The van der Waals surface area contributed by atoms with Gasteiger partial charge in [-0.05, 0) is 17.7 Å². The minimum atomic E-state index is -0.0699. The number of carbonyl (C=O) groups excluding carboxylic acids is 1. The first-order chi connectivity index (χ1) is 8.58. The molecule has 1 saturated heterocycles. The Labute approximate surface area is 115 Å². The highest BCUT2D eigenvalue weighted by atomic mass is 79.9. The van der Waals surface area contributed by atoms with Gasteiger partial charge in [-0.1, -0.05) is 41.2 Å². The number of hydrogen-bond donors (Lipinski definition) is 1. The van der Waals surface area contributed by atoms with Gasteiger partial charge in [-0.2, -0.15) is 0 Å². The highest BCUT2D eigenvalue weighted by molar-refractivity contribution is 9.10. The van der Waals surface area contributed by atoms with Crippen LogP contribution in [0.25, 0.3) is 5.70 Å². The Kier molecular flexibility index (Phi) is 3.87. The molecule has 0 aliphatic carbocycles. The fourth-order valence-electron chi connectivity index (χ4n) is 1.89. The molecule has 4 heteroatoms. The van der Waals surface area contributed by atoms with E-state index in [4.69, 9.17) is 0 Å².